The molecular formula is C10H11IN2. The Bertz CT molecular complexity index is 426. The summed E-state index contributed by atoms with van der Waals surface area (Å²) in [6.07, 6.45) is 5.93. The van der Waals surface area contributed by atoms with Crippen LogP contribution < -0.4 is 0 Å². The van der Waals surface area contributed by atoms with E-state index < -0.39 is 0 Å². The number of aromatic nitrogens is 2. The zero-order chi connectivity index (χ0) is 9.47. The molecule has 0 amide bonds. The van der Waals surface area contributed by atoms with E-state index in [2.05, 4.69) is 64.2 Å². The Labute approximate surface area is 91.1 Å². The molecule has 0 saturated heterocycles. The summed E-state index contributed by atoms with van der Waals surface area (Å²) >= 11 is 2.44. The van der Waals surface area contributed by atoms with Gasteiger partial charge < -0.3 is 4.40 Å². The minimum atomic E-state index is 0.177. The summed E-state index contributed by atoms with van der Waals surface area (Å²) in [6, 6.07) is 4.19. The predicted octanol–water partition coefficient (Wildman–Crippen LogP) is 3.00. The number of rotatable bonds is 1. The molecule has 2 nitrogen and oxygen atoms in total. The van der Waals surface area contributed by atoms with Crippen LogP contribution in [0.1, 0.15) is 19.4 Å². The van der Waals surface area contributed by atoms with Crippen LogP contribution in [0.5, 0.6) is 0 Å². The highest BCUT2D eigenvalue weighted by atomic mass is 127. The van der Waals surface area contributed by atoms with Crippen molar-refractivity contribution in [2.24, 2.45) is 0 Å². The lowest BCUT2D eigenvalue weighted by Crippen LogP contribution is -2.07. The molecule has 2 aromatic rings. The second-order valence-electron chi connectivity index (χ2n) is 3.58. The van der Waals surface area contributed by atoms with E-state index >= 15 is 0 Å². The summed E-state index contributed by atoms with van der Waals surface area (Å²) in [5.41, 5.74) is 2.32. The molecule has 0 aliphatic carbocycles. The van der Waals surface area contributed by atoms with Gasteiger partial charge in [-0.2, -0.15) is 0 Å². The highest BCUT2D eigenvalue weighted by Gasteiger charge is 2.15. The molecular weight excluding hydrogens is 275 g/mol. The number of fused-ring (bicyclic) bond motifs is 1. The van der Waals surface area contributed by atoms with Crippen molar-refractivity contribution in [2.45, 2.75) is 17.3 Å². The molecule has 0 bridgehead atoms. The van der Waals surface area contributed by atoms with Gasteiger partial charge in [-0.25, -0.2) is 4.98 Å². The van der Waals surface area contributed by atoms with Crippen molar-refractivity contribution in [3.8, 4) is 0 Å². The fraction of sp³-hybridized carbons (Fsp3) is 0.300. The van der Waals surface area contributed by atoms with Gasteiger partial charge in [0.2, 0.25) is 0 Å². The van der Waals surface area contributed by atoms with Crippen LogP contribution in [0.3, 0.4) is 0 Å². The highest BCUT2D eigenvalue weighted by molar-refractivity contribution is 14.1. The second kappa shape index (κ2) is 2.97. The van der Waals surface area contributed by atoms with Gasteiger partial charge in [-0.1, -0.05) is 28.7 Å². The van der Waals surface area contributed by atoms with E-state index in [1.54, 1.807) is 0 Å². The van der Waals surface area contributed by atoms with Gasteiger partial charge in [-0.05, 0) is 25.5 Å². The van der Waals surface area contributed by atoms with Crippen molar-refractivity contribution in [2.75, 3.05) is 0 Å². The van der Waals surface area contributed by atoms with Gasteiger partial charge in [0.1, 0.15) is 5.65 Å². The Morgan fingerprint density at radius 2 is 2.15 bits per heavy atom. The summed E-state index contributed by atoms with van der Waals surface area (Å²) in [5.74, 6) is 0. The van der Waals surface area contributed by atoms with Crippen LogP contribution in [-0.2, 0) is 3.42 Å². The third kappa shape index (κ3) is 1.70. The Balaban J connectivity index is 2.61. The molecule has 2 rings (SSSR count). The lowest BCUT2D eigenvalue weighted by atomic mass is 10.1. The fourth-order valence-electron chi connectivity index (χ4n) is 1.27. The maximum Gasteiger partial charge on any atom is 0.136 e. The summed E-state index contributed by atoms with van der Waals surface area (Å²) in [5, 5.41) is 0. The Morgan fingerprint density at radius 3 is 2.85 bits per heavy atom. The monoisotopic (exact) mass is 286 g/mol. The first-order valence-corrected chi connectivity index (χ1v) is 5.27. The lowest BCUT2D eigenvalue weighted by molar-refractivity contribution is 0.816. The lowest BCUT2D eigenvalue weighted by Gasteiger charge is -2.16. The highest BCUT2D eigenvalue weighted by Crippen LogP contribution is 2.30. The number of imidazole rings is 1. The number of nitrogens with zero attached hydrogens (tertiary/aromatic N) is 2. The van der Waals surface area contributed by atoms with Crippen LogP contribution in [-0.4, -0.2) is 9.38 Å². The van der Waals surface area contributed by atoms with Crippen molar-refractivity contribution >= 4 is 28.2 Å². The Morgan fingerprint density at radius 1 is 1.38 bits per heavy atom. The average Bonchev–Trinajstić information content (AvgIpc) is 2.47. The maximum atomic E-state index is 4.20. The minimum absolute atomic E-state index is 0.177. The number of halogens is 1. The van der Waals surface area contributed by atoms with Crippen molar-refractivity contribution < 1.29 is 0 Å². The van der Waals surface area contributed by atoms with Gasteiger partial charge in [0, 0.05) is 22.0 Å². The first-order chi connectivity index (χ1) is 6.07. The zero-order valence-corrected chi connectivity index (χ0v) is 9.82. The predicted molar refractivity (Wildman–Crippen MR) is 62.2 cm³/mol. The van der Waals surface area contributed by atoms with E-state index in [4.69, 9.17) is 0 Å². The fourth-order valence-corrected chi connectivity index (χ4v) is 1.59. The van der Waals surface area contributed by atoms with E-state index in [0.717, 1.165) is 5.65 Å². The van der Waals surface area contributed by atoms with Crippen molar-refractivity contribution in [1.82, 2.24) is 9.38 Å². The first-order valence-electron chi connectivity index (χ1n) is 4.19. The third-order valence-electron chi connectivity index (χ3n) is 2.08. The number of alkyl halides is 1. The molecule has 2 heterocycles. The molecule has 0 spiro atoms. The molecule has 0 fully saturated rings. The number of hydrogen-bond acceptors (Lipinski definition) is 1. The van der Waals surface area contributed by atoms with Gasteiger partial charge in [0.05, 0.1) is 0 Å². The van der Waals surface area contributed by atoms with Crippen LogP contribution >= 0.6 is 22.6 Å². The van der Waals surface area contributed by atoms with E-state index in [1.165, 1.54) is 5.56 Å². The molecule has 0 N–H and O–H groups in total. The smallest absolute Gasteiger partial charge is 0.136 e. The molecule has 0 radical (unpaired) electrons. The zero-order valence-electron chi connectivity index (χ0n) is 7.66. The quantitative estimate of drug-likeness (QED) is 0.582. The van der Waals surface area contributed by atoms with Gasteiger partial charge in [-0.15, -0.1) is 0 Å². The molecule has 2 aromatic heterocycles. The van der Waals surface area contributed by atoms with Gasteiger partial charge >= 0.3 is 0 Å². The summed E-state index contributed by atoms with van der Waals surface area (Å²) in [6.45, 7) is 4.40. The molecule has 0 aliphatic heterocycles. The maximum absolute atomic E-state index is 4.20. The van der Waals surface area contributed by atoms with E-state index in [9.17, 15) is 0 Å². The molecule has 3 heteroatoms. The van der Waals surface area contributed by atoms with Crippen molar-refractivity contribution in [3.05, 3.63) is 36.3 Å². The molecule has 0 aliphatic rings. The summed E-state index contributed by atoms with van der Waals surface area (Å²) < 4.78 is 2.23. The van der Waals surface area contributed by atoms with Crippen molar-refractivity contribution in [3.63, 3.8) is 0 Å². The van der Waals surface area contributed by atoms with Crippen LogP contribution in [0.4, 0.5) is 0 Å². The van der Waals surface area contributed by atoms with Crippen LogP contribution in [0.15, 0.2) is 30.7 Å². The third-order valence-corrected chi connectivity index (χ3v) is 2.70. The van der Waals surface area contributed by atoms with E-state index in [1.807, 2.05) is 12.4 Å². The second-order valence-corrected chi connectivity index (χ2v) is 6.28. The molecule has 13 heavy (non-hydrogen) atoms. The SMILES string of the molecule is CC(C)(I)c1ccc2nccn2c1. The van der Waals surface area contributed by atoms with Crippen LogP contribution in [0, 0.1) is 0 Å². The van der Waals surface area contributed by atoms with Crippen LogP contribution in [0.25, 0.3) is 5.65 Å². The largest absolute Gasteiger partial charge is 0.307 e. The van der Waals surface area contributed by atoms with Gasteiger partial charge in [0.15, 0.2) is 0 Å². The molecule has 0 saturated carbocycles. The molecule has 0 unspecified atom stereocenters. The first kappa shape index (κ1) is 8.99. The summed E-state index contributed by atoms with van der Waals surface area (Å²) in [4.78, 5) is 4.20. The Kier molecular flexibility index (Phi) is 2.06. The van der Waals surface area contributed by atoms with E-state index in [0.29, 0.717) is 0 Å². The standard InChI is InChI=1S/C10H11IN2/c1-10(2,11)8-3-4-9-12-5-6-13(9)7-8/h3-7H,1-2H3. The topological polar surface area (TPSA) is 17.3 Å². The van der Waals surface area contributed by atoms with E-state index in [-0.39, 0.29) is 3.42 Å². The normalized spacial score (nSPS) is 12.2. The van der Waals surface area contributed by atoms with Crippen LogP contribution in [0.2, 0.25) is 0 Å². The van der Waals surface area contributed by atoms with Crippen molar-refractivity contribution in [1.29, 1.82) is 0 Å². The average molecular weight is 286 g/mol. The minimum Gasteiger partial charge on any atom is -0.307 e. The molecule has 68 valence electrons. The number of hydrogen-bond donors (Lipinski definition) is 0. The van der Waals surface area contributed by atoms with Gasteiger partial charge in [-0.3, -0.25) is 0 Å². The molecule has 0 atom stereocenters. The molecule has 0 aromatic carbocycles. The number of pyridine rings is 1. The summed E-state index contributed by atoms with van der Waals surface area (Å²) in [7, 11) is 0. The Hall–Kier alpha value is -0.580. The van der Waals surface area contributed by atoms with Gasteiger partial charge in [0.25, 0.3) is 0 Å².